The highest BCUT2D eigenvalue weighted by Crippen LogP contribution is 2.35. The van der Waals surface area contributed by atoms with Crippen molar-refractivity contribution in [2.75, 3.05) is 7.05 Å². The minimum atomic E-state index is -3.79. The standard InChI is InChI=1S/C13H13ClN2O3S/c1-16-11(13(17)15-9-5-6-9)7-8-3-2-4-10(14)12(8)20(16,18)19/h2-4,7,9H,5-6H2,1H3,(H,15,17). The summed E-state index contributed by atoms with van der Waals surface area (Å²) in [6.45, 7) is 0. The van der Waals surface area contributed by atoms with E-state index in [-0.39, 0.29) is 27.6 Å². The minimum absolute atomic E-state index is 0.0483. The largest absolute Gasteiger partial charge is 0.348 e. The Morgan fingerprint density at radius 3 is 2.75 bits per heavy atom. The number of amides is 1. The van der Waals surface area contributed by atoms with Gasteiger partial charge in [-0.3, -0.25) is 9.10 Å². The molecule has 0 atom stereocenters. The first-order valence-electron chi connectivity index (χ1n) is 6.21. The lowest BCUT2D eigenvalue weighted by Gasteiger charge is -2.27. The Morgan fingerprint density at radius 1 is 1.40 bits per heavy atom. The number of hydrogen-bond acceptors (Lipinski definition) is 3. The molecule has 7 heteroatoms. The van der Waals surface area contributed by atoms with Crippen molar-refractivity contribution in [2.45, 2.75) is 23.8 Å². The highest BCUT2D eigenvalue weighted by molar-refractivity contribution is 7.89. The summed E-state index contributed by atoms with van der Waals surface area (Å²) in [5.74, 6) is -0.371. The zero-order valence-corrected chi connectivity index (χ0v) is 12.3. The number of halogens is 1. The Morgan fingerprint density at radius 2 is 2.10 bits per heavy atom. The second-order valence-electron chi connectivity index (χ2n) is 4.91. The van der Waals surface area contributed by atoms with Crippen molar-refractivity contribution in [3.05, 3.63) is 34.5 Å². The molecule has 1 saturated carbocycles. The number of carbonyl (C=O) groups is 1. The second-order valence-corrected chi connectivity index (χ2v) is 7.22. The molecule has 1 amide bonds. The zero-order valence-electron chi connectivity index (χ0n) is 10.8. The molecule has 0 saturated heterocycles. The van der Waals surface area contributed by atoms with Gasteiger partial charge in [-0.25, -0.2) is 8.42 Å². The Kier molecular flexibility index (Phi) is 3.02. The number of nitrogens with one attached hydrogen (secondary N) is 1. The summed E-state index contributed by atoms with van der Waals surface area (Å²) in [6.07, 6.45) is 3.44. The zero-order chi connectivity index (χ0) is 14.5. The molecule has 1 aliphatic carbocycles. The molecule has 1 heterocycles. The smallest absolute Gasteiger partial charge is 0.268 e. The summed E-state index contributed by atoms with van der Waals surface area (Å²) in [6, 6.07) is 4.99. The van der Waals surface area contributed by atoms with Crippen LogP contribution in [0, 0.1) is 0 Å². The van der Waals surface area contributed by atoms with Gasteiger partial charge in [-0.1, -0.05) is 23.7 Å². The third kappa shape index (κ3) is 2.09. The van der Waals surface area contributed by atoms with Crippen LogP contribution in [-0.2, 0) is 14.8 Å². The van der Waals surface area contributed by atoms with Crippen molar-refractivity contribution < 1.29 is 13.2 Å². The van der Waals surface area contributed by atoms with Gasteiger partial charge in [0, 0.05) is 13.1 Å². The molecular formula is C13H13ClN2O3S. The van der Waals surface area contributed by atoms with Crippen LogP contribution >= 0.6 is 11.6 Å². The number of benzene rings is 1. The summed E-state index contributed by atoms with van der Waals surface area (Å²) < 4.78 is 25.9. The van der Waals surface area contributed by atoms with E-state index < -0.39 is 10.0 Å². The molecular weight excluding hydrogens is 300 g/mol. The van der Waals surface area contributed by atoms with E-state index in [0.29, 0.717) is 5.56 Å². The molecule has 3 rings (SSSR count). The highest BCUT2D eigenvalue weighted by atomic mass is 35.5. The maximum absolute atomic E-state index is 12.5. The molecule has 1 N–H and O–H groups in total. The summed E-state index contributed by atoms with van der Waals surface area (Å²) in [5.41, 5.74) is 0.559. The summed E-state index contributed by atoms with van der Waals surface area (Å²) in [7, 11) is -2.43. The van der Waals surface area contributed by atoms with E-state index in [0.717, 1.165) is 17.1 Å². The molecule has 0 bridgehead atoms. The third-order valence-electron chi connectivity index (χ3n) is 3.39. The van der Waals surface area contributed by atoms with E-state index in [9.17, 15) is 13.2 Å². The molecule has 0 radical (unpaired) electrons. The SMILES string of the molecule is CN1C(C(=O)NC2CC2)=Cc2cccc(Cl)c2S1(=O)=O. The van der Waals surface area contributed by atoms with Crippen molar-refractivity contribution in [1.82, 2.24) is 9.62 Å². The van der Waals surface area contributed by atoms with Gasteiger partial charge in [0.25, 0.3) is 15.9 Å². The average Bonchev–Trinajstić information content (AvgIpc) is 3.17. The van der Waals surface area contributed by atoms with Crippen LogP contribution in [0.25, 0.3) is 6.08 Å². The van der Waals surface area contributed by atoms with Crippen LogP contribution in [0.15, 0.2) is 28.8 Å². The van der Waals surface area contributed by atoms with Gasteiger partial charge in [-0.2, -0.15) is 0 Å². The molecule has 20 heavy (non-hydrogen) atoms. The minimum Gasteiger partial charge on any atom is -0.348 e. The molecule has 1 aliphatic heterocycles. The molecule has 106 valence electrons. The van der Waals surface area contributed by atoms with Crippen LogP contribution in [0.1, 0.15) is 18.4 Å². The van der Waals surface area contributed by atoms with Gasteiger partial charge in [0.05, 0.1) is 5.02 Å². The lowest BCUT2D eigenvalue weighted by Crippen LogP contribution is -2.39. The predicted molar refractivity (Wildman–Crippen MR) is 75.5 cm³/mol. The van der Waals surface area contributed by atoms with Crippen molar-refractivity contribution in [3.8, 4) is 0 Å². The normalized spacial score (nSPS) is 20.1. The van der Waals surface area contributed by atoms with E-state index in [1.165, 1.54) is 13.1 Å². The highest BCUT2D eigenvalue weighted by Gasteiger charge is 2.36. The number of hydrogen-bond donors (Lipinski definition) is 1. The molecule has 0 spiro atoms. The van der Waals surface area contributed by atoms with Gasteiger partial charge >= 0.3 is 0 Å². The van der Waals surface area contributed by atoms with Gasteiger partial charge in [0.15, 0.2) is 0 Å². The second kappa shape index (κ2) is 4.49. The van der Waals surface area contributed by atoms with Crippen LogP contribution in [0.2, 0.25) is 5.02 Å². The Labute approximate surface area is 122 Å². The van der Waals surface area contributed by atoms with Gasteiger partial charge in [0.1, 0.15) is 10.6 Å². The number of carbonyl (C=O) groups excluding carboxylic acids is 1. The van der Waals surface area contributed by atoms with E-state index in [1.54, 1.807) is 18.2 Å². The quantitative estimate of drug-likeness (QED) is 0.902. The fourth-order valence-electron chi connectivity index (χ4n) is 2.11. The van der Waals surface area contributed by atoms with Crippen LogP contribution < -0.4 is 5.32 Å². The number of rotatable bonds is 2. The van der Waals surface area contributed by atoms with Crippen molar-refractivity contribution in [2.24, 2.45) is 0 Å². The van der Waals surface area contributed by atoms with E-state index >= 15 is 0 Å². The van der Waals surface area contributed by atoms with Gasteiger partial charge in [-0.15, -0.1) is 0 Å². The summed E-state index contributed by atoms with van der Waals surface area (Å²) in [4.78, 5) is 12.2. The summed E-state index contributed by atoms with van der Waals surface area (Å²) in [5, 5.41) is 2.95. The van der Waals surface area contributed by atoms with Crippen LogP contribution in [0.3, 0.4) is 0 Å². The van der Waals surface area contributed by atoms with E-state index in [1.807, 2.05) is 0 Å². The maximum Gasteiger partial charge on any atom is 0.268 e. The third-order valence-corrected chi connectivity index (χ3v) is 5.71. The first-order valence-corrected chi connectivity index (χ1v) is 8.03. The Balaban J connectivity index is 2.10. The first kappa shape index (κ1) is 13.5. The van der Waals surface area contributed by atoms with Crippen molar-refractivity contribution in [1.29, 1.82) is 0 Å². The Bertz CT molecular complexity index is 723. The van der Waals surface area contributed by atoms with Crippen molar-refractivity contribution in [3.63, 3.8) is 0 Å². The van der Waals surface area contributed by atoms with Crippen molar-refractivity contribution >= 4 is 33.6 Å². The fourth-order valence-corrected chi connectivity index (χ4v) is 3.99. The molecule has 5 nitrogen and oxygen atoms in total. The van der Waals surface area contributed by atoms with E-state index in [4.69, 9.17) is 11.6 Å². The predicted octanol–water partition coefficient (Wildman–Crippen LogP) is 1.59. The van der Waals surface area contributed by atoms with E-state index in [2.05, 4.69) is 5.32 Å². The van der Waals surface area contributed by atoms with Crippen LogP contribution in [0.5, 0.6) is 0 Å². The first-order chi connectivity index (χ1) is 9.41. The van der Waals surface area contributed by atoms with Gasteiger partial charge in [-0.05, 0) is 30.5 Å². The number of fused-ring (bicyclic) bond motifs is 1. The molecule has 0 unspecified atom stereocenters. The lowest BCUT2D eigenvalue weighted by molar-refractivity contribution is -0.118. The fraction of sp³-hybridized carbons (Fsp3) is 0.308. The molecule has 2 aliphatic rings. The maximum atomic E-state index is 12.5. The molecule has 1 aromatic rings. The topological polar surface area (TPSA) is 66.5 Å². The van der Waals surface area contributed by atoms with Crippen LogP contribution in [-0.4, -0.2) is 31.7 Å². The molecule has 1 aromatic carbocycles. The number of sulfonamides is 1. The number of likely N-dealkylation sites (N-methyl/N-ethyl adjacent to an activating group) is 1. The van der Waals surface area contributed by atoms with Gasteiger partial charge < -0.3 is 5.32 Å². The average molecular weight is 313 g/mol. The van der Waals surface area contributed by atoms with Gasteiger partial charge in [0.2, 0.25) is 0 Å². The monoisotopic (exact) mass is 312 g/mol. The summed E-state index contributed by atoms with van der Waals surface area (Å²) >= 11 is 5.98. The Hall–Kier alpha value is -1.53. The lowest BCUT2D eigenvalue weighted by atomic mass is 10.2. The molecule has 1 fully saturated rings. The molecule has 0 aromatic heterocycles. The van der Waals surface area contributed by atoms with Crippen LogP contribution in [0.4, 0.5) is 0 Å². The number of nitrogens with zero attached hydrogens (tertiary/aromatic N) is 1.